The van der Waals surface area contributed by atoms with Crippen LogP contribution in [0.25, 0.3) is 11.3 Å². The fourth-order valence-corrected chi connectivity index (χ4v) is 5.53. The first kappa shape index (κ1) is 18.2. The van der Waals surface area contributed by atoms with Gasteiger partial charge in [-0.15, -0.1) is 0 Å². The fourth-order valence-electron chi connectivity index (χ4n) is 2.30. The van der Waals surface area contributed by atoms with Crippen LogP contribution in [-0.4, -0.2) is 40.5 Å². The topological polar surface area (TPSA) is 12.9 Å². The summed E-state index contributed by atoms with van der Waals surface area (Å²) in [7, 11) is 0. The average Bonchev–Trinajstić information content (AvgIpc) is 2.58. The zero-order valence-corrected chi connectivity index (χ0v) is 16.5. The van der Waals surface area contributed by atoms with Gasteiger partial charge in [-0.3, -0.25) is 4.98 Å². The largest absolute Gasteiger partial charge is 0.307 e. The molecule has 0 unspecified atom stereocenters. The summed E-state index contributed by atoms with van der Waals surface area (Å²) in [5, 5.41) is 0.976. The molecule has 0 atom stereocenters. The lowest BCUT2D eigenvalue weighted by atomic mass is 9.89. The number of benzene rings is 1. The first-order valence-electron chi connectivity index (χ1n) is 6.91. The van der Waals surface area contributed by atoms with Crippen molar-refractivity contribution in [3.63, 3.8) is 0 Å². The quantitative estimate of drug-likeness (QED) is 0.696. The van der Waals surface area contributed by atoms with Crippen LogP contribution in [0.1, 0.15) is 0 Å². The Kier molecular flexibility index (Phi) is 7.68. The van der Waals surface area contributed by atoms with Crippen molar-refractivity contribution in [1.29, 1.82) is 0 Å². The minimum atomic E-state index is 0.471. The predicted molar refractivity (Wildman–Crippen MR) is 115 cm³/mol. The summed E-state index contributed by atoms with van der Waals surface area (Å²) in [5.41, 5.74) is 4.95. The van der Waals surface area contributed by atoms with Gasteiger partial charge in [0.15, 0.2) is 0 Å². The van der Waals surface area contributed by atoms with Crippen LogP contribution in [0, 0.1) is 0 Å². The lowest BCUT2D eigenvalue weighted by molar-refractivity contribution is 1.34. The number of rotatable bonds is 7. The molecule has 0 aliphatic heterocycles. The third-order valence-corrected chi connectivity index (χ3v) is 8.50. The first-order valence-corrected chi connectivity index (χ1v) is 12.1. The molecule has 2 aromatic rings. The minimum Gasteiger partial charge on any atom is -0.256 e. The third kappa shape index (κ3) is 4.47. The monoisotopic (exact) mass is 363 g/mol. The van der Waals surface area contributed by atoms with Crippen LogP contribution in [-0.2, 0) is 0 Å². The molecule has 0 bridgehead atoms. The van der Waals surface area contributed by atoms with Crippen molar-refractivity contribution in [3.05, 3.63) is 42.6 Å². The molecular weight excluding hydrogens is 344 g/mol. The van der Waals surface area contributed by atoms with Crippen LogP contribution in [0.4, 0.5) is 0 Å². The van der Waals surface area contributed by atoms with Crippen molar-refractivity contribution < 1.29 is 0 Å². The van der Waals surface area contributed by atoms with E-state index in [1.54, 1.807) is 0 Å². The van der Waals surface area contributed by atoms with Gasteiger partial charge < -0.3 is 0 Å². The Morgan fingerprint density at radius 2 is 1.27 bits per heavy atom. The molecule has 1 nitrogen and oxygen atoms in total. The van der Waals surface area contributed by atoms with Gasteiger partial charge in [-0.1, -0.05) is 35.2 Å². The van der Waals surface area contributed by atoms with Gasteiger partial charge in [-0.25, -0.2) is 0 Å². The van der Waals surface area contributed by atoms with E-state index in [0.717, 1.165) is 5.69 Å². The Balaban J connectivity index is 2.26. The Hall–Kier alpha value is -0.100. The summed E-state index contributed by atoms with van der Waals surface area (Å²) in [5.74, 6) is 0. The molecule has 0 saturated heterocycles. The summed E-state index contributed by atoms with van der Waals surface area (Å²) in [6.07, 6.45) is 10.5. The molecule has 2 rings (SSSR count). The van der Waals surface area contributed by atoms with Gasteiger partial charge in [0, 0.05) is 11.8 Å². The van der Waals surface area contributed by atoms with E-state index in [9.17, 15) is 0 Å². The highest BCUT2D eigenvalue weighted by Gasteiger charge is 2.16. The van der Waals surface area contributed by atoms with Crippen molar-refractivity contribution >= 4 is 67.9 Å². The summed E-state index contributed by atoms with van der Waals surface area (Å²) < 4.78 is 0. The van der Waals surface area contributed by atoms with Gasteiger partial charge in [-0.2, -0.15) is 46.5 Å². The summed E-state index contributed by atoms with van der Waals surface area (Å²) in [6, 6.07) is 13.2. The third-order valence-electron chi connectivity index (χ3n) is 3.39. The first-order chi connectivity index (χ1) is 10.7. The zero-order chi connectivity index (χ0) is 15.9. The highest BCUT2D eigenvalue weighted by atomic mass is 32.2. The molecule has 0 N–H and O–H groups in total. The van der Waals surface area contributed by atoms with Crippen molar-refractivity contribution in [2.24, 2.45) is 0 Å². The number of nitrogens with zero attached hydrogens (tertiary/aromatic N) is 1. The molecule has 114 valence electrons. The number of aromatic nitrogens is 1. The molecular formula is C15H19B2NS4. The Morgan fingerprint density at radius 3 is 1.82 bits per heavy atom. The second-order valence-electron chi connectivity index (χ2n) is 4.70. The Morgan fingerprint density at radius 1 is 0.727 bits per heavy atom. The normalized spacial score (nSPS) is 10.5. The fraction of sp³-hybridized carbons (Fsp3) is 0.267. The van der Waals surface area contributed by atoms with Gasteiger partial charge in [-0.05, 0) is 37.2 Å². The Bertz CT molecular complexity index is 586. The van der Waals surface area contributed by atoms with Gasteiger partial charge in [0.2, 0.25) is 0 Å². The van der Waals surface area contributed by atoms with Gasteiger partial charge in [0.25, 0.3) is 0 Å². The Labute approximate surface area is 151 Å². The second-order valence-corrected chi connectivity index (χ2v) is 9.07. The molecule has 1 aromatic carbocycles. The molecule has 0 radical (unpaired) electrons. The van der Waals surface area contributed by atoms with Gasteiger partial charge in [0.05, 0.1) is 5.69 Å². The van der Waals surface area contributed by atoms with Crippen molar-refractivity contribution in [2.45, 2.75) is 0 Å². The lowest BCUT2D eigenvalue weighted by Gasteiger charge is -2.11. The summed E-state index contributed by atoms with van der Waals surface area (Å²) in [6.45, 7) is 0. The van der Waals surface area contributed by atoms with E-state index in [1.165, 1.54) is 16.5 Å². The molecule has 0 saturated carbocycles. The van der Waals surface area contributed by atoms with Crippen LogP contribution >= 0.6 is 46.5 Å². The predicted octanol–water partition coefficient (Wildman–Crippen LogP) is 3.59. The van der Waals surface area contributed by atoms with Crippen LogP contribution in [0.2, 0.25) is 0 Å². The van der Waals surface area contributed by atoms with E-state index < -0.39 is 0 Å². The van der Waals surface area contributed by atoms with Crippen LogP contribution < -0.4 is 10.9 Å². The standard InChI is InChI=1S/C15H19B2NS4/c1-19-16(20-2)13-7-5-12(6-8-13)15-11-14(9-10-18-15)17(21-3)22-4/h5-11H,1-4H3. The van der Waals surface area contributed by atoms with Crippen LogP contribution in [0.15, 0.2) is 42.6 Å². The molecule has 0 amide bonds. The van der Waals surface area contributed by atoms with Crippen molar-refractivity contribution in [2.75, 3.05) is 25.0 Å². The van der Waals surface area contributed by atoms with E-state index in [-0.39, 0.29) is 0 Å². The second kappa shape index (κ2) is 9.26. The molecule has 22 heavy (non-hydrogen) atoms. The molecule has 1 heterocycles. The van der Waals surface area contributed by atoms with Crippen LogP contribution in [0.5, 0.6) is 0 Å². The van der Waals surface area contributed by atoms with Gasteiger partial charge in [0.1, 0.15) is 0 Å². The molecule has 0 spiro atoms. The number of hydrogen-bond acceptors (Lipinski definition) is 5. The molecule has 0 fully saturated rings. The maximum Gasteiger partial charge on any atom is 0.307 e. The highest BCUT2D eigenvalue weighted by Crippen LogP contribution is 2.20. The van der Waals surface area contributed by atoms with E-state index in [4.69, 9.17) is 0 Å². The highest BCUT2D eigenvalue weighted by molar-refractivity contribution is 8.55. The van der Waals surface area contributed by atoms with E-state index >= 15 is 0 Å². The maximum atomic E-state index is 4.55. The zero-order valence-electron chi connectivity index (χ0n) is 13.3. The number of pyridine rings is 1. The summed E-state index contributed by atoms with van der Waals surface area (Å²) in [4.78, 5) is 4.55. The van der Waals surface area contributed by atoms with Crippen LogP contribution in [0.3, 0.4) is 0 Å². The van der Waals surface area contributed by atoms with E-state index in [0.29, 0.717) is 10.5 Å². The minimum absolute atomic E-state index is 0.471. The smallest absolute Gasteiger partial charge is 0.256 e. The molecule has 0 aliphatic rings. The lowest BCUT2D eigenvalue weighted by Crippen LogP contribution is -2.23. The van der Waals surface area contributed by atoms with Crippen molar-refractivity contribution in [1.82, 2.24) is 4.98 Å². The summed E-state index contributed by atoms with van der Waals surface area (Å²) >= 11 is 7.50. The van der Waals surface area contributed by atoms with E-state index in [1.807, 2.05) is 52.6 Å². The maximum absolute atomic E-state index is 4.55. The van der Waals surface area contributed by atoms with Crippen molar-refractivity contribution in [3.8, 4) is 11.3 Å². The van der Waals surface area contributed by atoms with Gasteiger partial charge >= 0.3 is 10.5 Å². The molecule has 1 aromatic heterocycles. The molecule has 7 heteroatoms. The SMILES string of the molecule is CSB(SC)c1ccc(-c2cc(B(SC)SC)ccn2)cc1. The number of hydrogen-bond donors (Lipinski definition) is 0. The molecule has 0 aliphatic carbocycles. The average molecular weight is 363 g/mol. The van der Waals surface area contributed by atoms with E-state index in [2.05, 4.69) is 66.4 Å².